The molecule has 0 spiro atoms. The van der Waals surface area contributed by atoms with Crippen molar-refractivity contribution in [2.45, 2.75) is 0 Å². The van der Waals surface area contributed by atoms with Gasteiger partial charge in [0.25, 0.3) is 5.91 Å². The SMILES string of the molecule is CS(=O)(=O)N1CCN(C(=O)c2cncc(Br)c2)CC1. The highest BCUT2D eigenvalue weighted by Crippen LogP contribution is 2.14. The number of carbonyl (C=O) groups excluding carboxylic acids is 1. The van der Waals surface area contributed by atoms with Crippen molar-refractivity contribution >= 4 is 31.9 Å². The zero-order valence-electron chi connectivity index (χ0n) is 10.4. The predicted octanol–water partition coefficient (Wildman–Crippen LogP) is 0.562. The first kappa shape index (κ1) is 14.4. The molecule has 0 saturated carbocycles. The number of hydrogen-bond donors (Lipinski definition) is 0. The van der Waals surface area contributed by atoms with Crippen LogP contribution in [0.3, 0.4) is 0 Å². The zero-order chi connectivity index (χ0) is 14.0. The molecular weight excluding hydrogens is 334 g/mol. The van der Waals surface area contributed by atoms with Gasteiger partial charge in [-0.1, -0.05) is 0 Å². The maximum absolute atomic E-state index is 12.2. The fourth-order valence-electron chi connectivity index (χ4n) is 1.93. The monoisotopic (exact) mass is 347 g/mol. The van der Waals surface area contributed by atoms with Crippen molar-refractivity contribution in [3.63, 3.8) is 0 Å². The Bertz CT molecular complexity index is 583. The van der Waals surface area contributed by atoms with Crippen molar-refractivity contribution in [1.82, 2.24) is 14.2 Å². The molecule has 0 unspecified atom stereocenters. The summed E-state index contributed by atoms with van der Waals surface area (Å²) >= 11 is 3.27. The van der Waals surface area contributed by atoms with Crippen LogP contribution >= 0.6 is 15.9 Å². The molecule has 0 aliphatic carbocycles. The summed E-state index contributed by atoms with van der Waals surface area (Å²) in [4.78, 5) is 17.8. The number of piperazine rings is 1. The van der Waals surface area contributed by atoms with Crippen LogP contribution in [0.1, 0.15) is 10.4 Å². The molecule has 1 aromatic rings. The lowest BCUT2D eigenvalue weighted by atomic mass is 10.2. The van der Waals surface area contributed by atoms with E-state index in [1.54, 1.807) is 17.2 Å². The first-order valence-electron chi connectivity index (χ1n) is 5.73. The van der Waals surface area contributed by atoms with Crippen molar-refractivity contribution in [3.05, 3.63) is 28.5 Å². The Kier molecular flexibility index (Phi) is 4.22. The summed E-state index contributed by atoms with van der Waals surface area (Å²) in [7, 11) is -3.17. The molecular formula is C11H14BrN3O3S. The second-order valence-corrected chi connectivity index (χ2v) is 7.24. The minimum Gasteiger partial charge on any atom is -0.336 e. The molecule has 0 atom stereocenters. The van der Waals surface area contributed by atoms with E-state index >= 15 is 0 Å². The van der Waals surface area contributed by atoms with E-state index in [0.717, 1.165) is 4.47 Å². The van der Waals surface area contributed by atoms with Crippen LogP contribution in [0.4, 0.5) is 0 Å². The maximum atomic E-state index is 12.2. The van der Waals surface area contributed by atoms with Crippen LogP contribution in [0, 0.1) is 0 Å². The van der Waals surface area contributed by atoms with E-state index in [9.17, 15) is 13.2 Å². The van der Waals surface area contributed by atoms with Crippen molar-refractivity contribution < 1.29 is 13.2 Å². The highest BCUT2D eigenvalue weighted by molar-refractivity contribution is 9.10. The largest absolute Gasteiger partial charge is 0.336 e. The van der Waals surface area contributed by atoms with Gasteiger partial charge in [0.15, 0.2) is 0 Å². The van der Waals surface area contributed by atoms with Gasteiger partial charge in [0.2, 0.25) is 10.0 Å². The van der Waals surface area contributed by atoms with Crippen LogP contribution in [0.15, 0.2) is 22.9 Å². The Morgan fingerprint density at radius 2 is 1.89 bits per heavy atom. The van der Waals surface area contributed by atoms with E-state index < -0.39 is 10.0 Å². The minimum atomic E-state index is -3.17. The van der Waals surface area contributed by atoms with Crippen molar-refractivity contribution in [2.24, 2.45) is 0 Å². The molecule has 6 nitrogen and oxygen atoms in total. The molecule has 0 N–H and O–H groups in total. The third-order valence-electron chi connectivity index (χ3n) is 2.95. The molecule has 0 aromatic carbocycles. The third-order valence-corrected chi connectivity index (χ3v) is 4.68. The van der Waals surface area contributed by atoms with Crippen LogP contribution in [-0.4, -0.2) is 60.9 Å². The lowest BCUT2D eigenvalue weighted by Crippen LogP contribution is -2.50. The summed E-state index contributed by atoms with van der Waals surface area (Å²) in [5.74, 6) is -0.123. The fraction of sp³-hybridized carbons (Fsp3) is 0.455. The van der Waals surface area contributed by atoms with E-state index in [2.05, 4.69) is 20.9 Å². The van der Waals surface area contributed by atoms with Gasteiger partial charge in [-0.3, -0.25) is 9.78 Å². The number of carbonyl (C=O) groups is 1. The lowest BCUT2D eigenvalue weighted by molar-refractivity contribution is 0.0697. The number of halogens is 1. The highest BCUT2D eigenvalue weighted by Gasteiger charge is 2.26. The Labute approximate surface area is 120 Å². The van der Waals surface area contributed by atoms with Crippen LogP contribution in [-0.2, 0) is 10.0 Å². The van der Waals surface area contributed by atoms with Crippen LogP contribution in [0.2, 0.25) is 0 Å². The highest BCUT2D eigenvalue weighted by atomic mass is 79.9. The Morgan fingerprint density at radius 1 is 1.26 bits per heavy atom. The molecule has 1 saturated heterocycles. The molecule has 19 heavy (non-hydrogen) atoms. The Morgan fingerprint density at radius 3 is 2.42 bits per heavy atom. The fourth-order valence-corrected chi connectivity index (χ4v) is 3.13. The molecule has 2 rings (SSSR count). The molecule has 1 fully saturated rings. The van der Waals surface area contributed by atoms with Crippen LogP contribution < -0.4 is 0 Å². The van der Waals surface area contributed by atoms with Crippen LogP contribution in [0.5, 0.6) is 0 Å². The van der Waals surface area contributed by atoms with Crippen molar-refractivity contribution in [2.75, 3.05) is 32.4 Å². The van der Waals surface area contributed by atoms with Gasteiger partial charge in [-0.25, -0.2) is 8.42 Å². The smallest absolute Gasteiger partial charge is 0.255 e. The van der Waals surface area contributed by atoms with E-state index in [1.165, 1.54) is 16.8 Å². The number of hydrogen-bond acceptors (Lipinski definition) is 4. The maximum Gasteiger partial charge on any atom is 0.255 e. The molecule has 0 bridgehead atoms. The normalized spacial score (nSPS) is 17.5. The predicted molar refractivity (Wildman–Crippen MR) is 74.3 cm³/mol. The molecule has 1 aliphatic heterocycles. The van der Waals surface area contributed by atoms with E-state index in [0.29, 0.717) is 31.7 Å². The number of sulfonamides is 1. The molecule has 1 amide bonds. The van der Waals surface area contributed by atoms with Gasteiger partial charge in [-0.15, -0.1) is 0 Å². The Hall–Kier alpha value is -0.990. The summed E-state index contributed by atoms with van der Waals surface area (Å²) in [5.41, 5.74) is 0.502. The Balaban J connectivity index is 2.04. The van der Waals surface area contributed by atoms with Crippen LogP contribution in [0.25, 0.3) is 0 Å². The molecule has 1 aliphatic rings. The molecule has 0 radical (unpaired) electrons. The molecule has 1 aromatic heterocycles. The summed E-state index contributed by atoms with van der Waals surface area (Å²) < 4.78 is 24.9. The van der Waals surface area contributed by atoms with E-state index in [4.69, 9.17) is 0 Å². The molecule has 104 valence electrons. The standard InChI is InChI=1S/C11H14BrN3O3S/c1-19(17,18)15-4-2-14(3-5-15)11(16)9-6-10(12)8-13-7-9/h6-8H,2-5H2,1H3. The zero-order valence-corrected chi connectivity index (χ0v) is 12.8. The van der Waals surface area contributed by atoms with E-state index in [-0.39, 0.29) is 5.91 Å². The topological polar surface area (TPSA) is 70.6 Å². The van der Waals surface area contributed by atoms with Crippen molar-refractivity contribution in [3.8, 4) is 0 Å². The van der Waals surface area contributed by atoms with Gasteiger partial charge in [0, 0.05) is 43.0 Å². The van der Waals surface area contributed by atoms with Gasteiger partial charge in [-0.05, 0) is 22.0 Å². The van der Waals surface area contributed by atoms with Gasteiger partial charge >= 0.3 is 0 Å². The number of amides is 1. The first-order valence-corrected chi connectivity index (χ1v) is 8.37. The van der Waals surface area contributed by atoms with Gasteiger partial charge in [0.1, 0.15) is 0 Å². The lowest BCUT2D eigenvalue weighted by Gasteiger charge is -2.33. The number of pyridine rings is 1. The number of aromatic nitrogens is 1. The summed E-state index contributed by atoms with van der Waals surface area (Å²) in [6.45, 7) is 1.48. The molecule has 8 heteroatoms. The first-order chi connectivity index (χ1) is 8.88. The average molecular weight is 348 g/mol. The van der Waals surface area contributed by atoms with Gasteiger partial charge in [-0.2, -0.15) is 4.31 Å². The summed E-state index contributed by atoms with van der Waals surface area (Å²) in [5, 5.41) is 0. The minimum absolute atomic E-state index is 0.123. The third kappa shape index (κ3) is 3.52. The van der Waals surface area contributed by atoms with Crippen molar-refractivity contribution in [1.29, 1.82) is 0 Å². The van der Waals surface area contributed by atoms with Gasteiger partial charge < -0.3 is 4.90 Å². The van der Waals surface area contributed by atoms with Gasteiger partial charge in [0.05, 0.1) is 11.8 Å². The molecule has 2 heterocycles. The summed E-state index contributed by atoms with van der Waals surface area (Å²) in [6, 6.07) is 1.71. The van der Waals surface area contributed by atoms with E-state index in [1.807, 2.05) is 0 Å². The number of rotatable bonds is 2. The quantitative estimate of drug-likeness (QED) is 0.783. The second kappa shape index (κ2) is 5.56. The second-order valence-electron chi connectivity index (χ2n) is 4.35. The average Bonchev–Trinajstić information content (AvgIpc) is 2.37. The number of nitrogens with zero attached hydrogens (tertiary/aromatic N) is 3. The summed E-state index contributed by atoms with van der Waals surface area (Å²) in [6.07, 6.45) is 4.30.